The molecule has 0 atom stereocenters. The number of amides is 3. The fourth-order valence-corrected chi connectivity index (χ4v) is 2.83. The zero-order chi connectivity index (χ0) is 20.9. The Balaban J connectivity index is 1.33. The molecule has 3 aromatic rings. The second kappa shape index (κ2) is 8.64. The maximum Gasteiger partial charge on any atom is 0.319 e. The number of hydrogen-bond acceptors (Lipinski definition) is 5. The van der Waals surface area contributed by atoms with Gasteiger partial charge in [0.2, 0.25) is 0 Å². The third kappa shape index (κ3) is 4.93. The number of nitrogens with zero attached hydrogens (tertiary/aromatic N) is 2. The summed E-state index contributed by atoms with van der Waals surface area (Å²) in [4.78, 5) is 28.7. The number of rotatable bonds is 7. The topological polar surface area (TPSA) is 121 Å². The third-order valence-electron chi connectivity index (χ3n) is 4.59. The van der Waals surface area contributed by atoms with Crippen molar-refractivity contribution in [3.63, 3.8) is 0 Å². The second-order valence-corrected chi connectivity index (χ2v) is 6.97. The molecule has 3 amide bonds. The summed E-state index contributed by atoms with van der Waals surface area (Å²) in [5, 5.41) is 15.4. The van der Waals surface area contributed by atoms with Crippen molar-refractivity contribution in [2.24, 2.45) is 0 Å². The largest absolute Gasteiger partial charge is 0.497 e. The first kappa shape index (κ1) is 19.4. The van der Waals surface area contributed by atoms with Crippen LogP contribution in [0.25, 0.3) is 11.4 Å². The van der Waals surface area contributed by atoms with Gasteiger partial charge >= 0.3 is 6.03 Å². The van der Waals surface area contributed by atoms with E-state index in [9.17, 15) is 9.59 Å². The maximum absolute atomic E-state index is 12.5. The van der Waals surface area contributed by atoms with Crippen molar-refractivity contribution < 1.29 is 14.3 Å². The van der Waals surface area contributed by atoms with Crippen LogP contribution in [-0.2, 0) is 6.54 Å². The molecular formula is C21H22N6O3. The standard InChI is InChI=1S/C21H22N6O3/c1-30-17-9-5-13(6-10-17)19-25-18(26-27-19)12-22-20(28)14-3-2-4-16(11-14)24-21(29)23-15-7-8-15/h2-6,9-11,15H,7-8,12H2,1H3,(H,22,28)(H2,23,24,29)(H,25,26,27). The number of aromatic nitrogens is 3. The highest BCUT2D eigenvalue weighted by molar-refractivity contribution is 5.96. The molecule has 4 N–H and O–H groups in total. The molecule has 0 bridgehead atoms. The van der Waals surface area contributed by atoms with Crippen LogP contribution < -0.4 is 20.7 Å². The van der Waals surface area contributed by atoms with Gasteiger partial charge in [0.1, 0.15) is 11.6 Å². The highest BCUT2D eigenvalue weighted by Crippen LogP contribution is 2.20. The van der Waals surface area contributed by atoms with Gasteiger partial charge in [-0.2, -0.15) is 5.10 Å². The van der Waals surface area contributed by atoms with Crippen LogP contribution in [0, 0.1) is 0 Å². The first-order valence-electron chi connectivity index (χ1n) is 9.62. The van der Waals surface area contributed by atoms with E-state index in [2.05, 4.69) is 31.1 Å². The molecular weight excluding hydrogens is 384 g/mol. The minimum atomic E-state index is -0.274. The molecule has 0 radical (unpaired) electrons. The van der Waals surface area contributed by atoms with Gasteiger partial charge in [0, 0.05) is 22.9 Å². The van der Waals surface area contributed by atoms with E-state index in [0.717, 1.165) is 24.2 Å². The van der Waals surface area contributed by atoms with Crippen molar-refractivity contribution in [3.05, 3.63) is 59.9 Å². The van der Waals surface area contributed by atoms with Crippen molar-refractivity contribution >= 4 is 17.6 Å². The van der Waals surface area contributed by atoms with Gasteiger partial charge in [-0.25, -0.2) is 9.78 Å². The van der Waals surface area contributed by atoms with E-state index in [1.807, 2.05) is 24.3 Å². The van der Waals surface area contributed by atoms with E-state index in [-0.39, 0.29) is 24.5 Å². The summed E-state index contributed by atoms with van der Waals surface area (Å²) >= 11 is 0. The van der Waals surface area contributed by atoms with E-state index in [4.69, 9.17) is 4.74 Å². The third-order valence-corrected chi connectivity index (χ3v) is 4.59. The number of anilines is 1. The molecule has 9 heteroatoms. The monoisotopic (exact) mass is 406 g/mol. The van der Waals surface area contributed by atoms with Crippen molar-refractivity contribution in [2.75, 3.05) is 12.4 Å². The lowest BCUT2D eigenvalue weighted by atomic mass is 10.2. The van der Waals surface area contributed by atoms with Crippen LogP contribution in [0.4, 0.5) is 10.5 Å². The lowest BCUT2D eigenvalue weighted by Gasteiger charge is -2.08. The molecule has 9 nitrogen and oxygen atoms in total. The van der Waals surface area contributed by atoms with Crippen molar-refractivity contribution in [2.45, 2.75) is 25.4 Å². The fourth-order valence-electron chi connectivity index (χ4n) is 2.83. The molecule has 1 aliphatic rings. The average molecular weight is 406 g/mol. The highest BCUT2D eigenvalue weighted by Gasteiger charge is 2.23. The van der Waals surface area contributed by atoms with E-state index in [0.29, 0.717) is 22.9 Å². The number of aromatic amines is 1. The molecule has 4 rings (SSSR count). The Bertz CT molecular complexity index is 1040. The predicted octanol–water partition coefficient (Wildman–Crippen LogP) is 2.69. The van der Waals surface area contributed by atoms with E-state index in [1.54, 1.807) is 31.4 Å². The zero-order valence-corrected chi connectivity index (χ0v) is 16.4. The summed E-state index contributed by atoms with van der Waals surface area (Å²) in [6.07, 6.45) is 2.02. The van der Waals surface area contributed by atoms with Gasteiger partial charge < -0.3 is 20.7 Å². The SMILES string of the molecule is COc1ccc(-c2n[nH]c(CNC(=O)c3cccc(NC(=O)NC4CC4)c3)n2)cc1. The minimum Gasteiger partial charge on any atom is -0.497 e. The Morgan fingerprint density at radius 3 is 2.70 bits per heavy atom. The fraction of sp³-hybridized carbons (Fsp3) is 0.238. The van der Waals surface area contributed by atoms with Crippen LogP contribution in [0.2, 0.25) is 0 Å². The van der Waals surface area contributed by atoms with Gasteiger partial charge in [-0.3, -0.25) is 9.89 Å². The lowest BCUT2D eigenvalue weighted by Crippen LogP contribution is -2.30. The predicted molar refractivity (Wildman–Crippen MR) is 111 cm³/mol. The van der Waals surface area contributed by atoms with Crippen molar-refractivity contribution in [1.29, 1.82) is 0 Å². The molecule has 30 heavy (non-hydrogen) atoms. The second-order valence-electron chi connectivity index (χ2n) is 6.97. The van der Waals surface area contributed by atoms with Gasteiger partial charge in [-0.15, -0.1) is 0 Å². The number of ether oxygens (including phenoxy) is 1. The molecule has 0 saturated heterocycles. The number of carbonyl (C=O) groups excluding carboxylic acids is 2. The van der Waals surface area contributed by atoms with Gasteiger partial charge in [-0.1, -0.05) is 6.07 Å². The number of nitrogens with one attached hydrogen (secondary N) is 4. The van der Waals surface area contributed by atoms with Gasteiger partial charge in [0.15, 0.2) is 5.82 Å². The van der Waals surface area contributed by atoms with E-state index in [1.165, 1.54) is 0 Å². The number of benzene rings is 2. The van der Waals surface area contributed by atoms with Crippen LogP contribution >= 0.6 is 0 Å². The van der Waals surface area contributed by atoms with Crippen LogP contribution in [0.5, 0.6) is 5.75 Å². The van der Waals surface area contributed by atoms with Crippen LogP contribution in [0.1, 0.15) is 29.0 Å². The Morgan fingerprint density at radius 2 is 1.97 bits per heavy atom. The molecule has 0 unspecified atom stereocenters. The molecule has 1 saturated carbocycles. The summed E-state index contributed by atoms with van der Waals surface area (Å²) in [5.41, 5.74) is 1.84. The molecule has 0 spiro atoms. The molecule has 1 heterocycles. The summed E-state index contributed by atoms with van der Waals surface area (Å²) in [6.45, 7) is 0.196. The Kier molecular flexibility index (Phi) is 5.60. The number of carbonyl (C=O) groups is 2. The van der Waals surface area contributed by atoms with Crippen molar-refractivity contribution in [1.82, 2.24) is 25.8 Å². The quantitative estimate of drug-likeness (QED) is 0.481. The van der Waals surface area contributed by atoms with E-state index >= 15 is 0 Å². The number of methoxy groups -OCH3 is 1. The van der Waals surface area contributed by atoms with Gasteiger partial charge in [-0.05, 0) is 55.3 Å². The number of hydrogen-bond donors (Lipinski definition) is 4. The smallest absolute Gasteiger partial charge is 0.319 e. The normalized spacial score (nSPS) is 12.8. The molecule has 2 aromatic carbocycles. The Hall–Kier alpha value is -3.88. The van der Waals surface area contributed by atoms with E-state index < -0.39 is 0 Å². The Morgan fingerprint density at radius 1 is 1.17 bits per heavy atom. The van der Waals surface area contributed by atoms with Crippen molar-refractivity contribution in [3.8, 4) is 17.1 Å². The minimum absolute atomic E-state index is 0.196. The summed E-state index contributed by atoms with van der Waals surface area (Å²) in [5.74, 6) is 1.55. The Labute approximate surface area is 173 Å². The summed E-state index contributed by atoms with van der Waals surface area (Å²) in [7, 11) is 1.61. The van der Waals surface area contributed by atoms with Crippen LogP contribution in [0.3, 0.4) is 0 Å². The van der Waals surface area contributed by atoms with Crippen LogP contribution in [0.15, 0.2) is 48.5 Å². The lowest BCUT2D eigenvalue weighted by molar-refractivity contribution is 0.0950. The summed E-state index contributed by atoms with van der Waals surface area (Å²) < 4.78 is 5.14. The first-order valence-corrected chi connectivity index (χ1v) is 9.62. The first-order chi connectivity index (χ1) is 14.6. The molecule has 0 aliphatic heterocycles. The molecule has 154 valence electrons. The molecule has 1 fully saturated rings. The molecule has 1 aromatic heterocycles. The average Bonchev–Trinajstić information content (AvgIpc) is 3.45. The number of H-pyrrole nitrogens is 1. The zero-order valence-electron chi connectivity index (χ0n) is 16.4. The maximum atomic E-state index is 12.5. The summed E-state index contributed by atoms with van der Waals surface area (Å²) in [6, 6.07) is 14.2. The van der Waals surface area contributed by atoms with Gasteiger partial charge in [0.05, 0.1) is 13.7 Å². The number of urea groups is 1. The molecule has 1 aliphatic carbocycles. The van der Waals surface area contributed by atoms with Crippen LogP contribution in [-0.4, -0.2) is 40.3 Å². The van der Waals surface area contributed by atoms with Gasteiger partial charge in [0.25, 0.3) is 5.91 Å². The highest BCUT2D eigenvalue weighted by atomic mass is 16.5.